The van der Waals surface area contributed by atoms with Gasteiger partial charge in [-0.25, -0.2) is 15.0 Å². The molecule has 1 atom stereocenters. The van der Waals surface area contributed by atoms with Crippen molar-refractivity contribution in [2.45, 2.75) is 24.5 Å². The molecule has 0 aromatic carbocycles. The number of hydrogen-bond donors (Lipinski definition) is 0. The lowest BCUT2D eigenvalue weighted by molar-refractivity contribution is -0.174. The third kappa shape index (κ3) is 2.92. The maximum absolute atomic E-state index is 12.3. The second kappa shape index (κ2) is 6.12. The van der Waals surface area contributed by atoms with Crippen molar-refractivity contribution in [3.63, 3.8) is 0 Å². The molecule has 2 fully saturated rings. The van der Waals surface area contributed by atoms with Gasteiger partial charge in [-0.1, -0.05) is 0 Å². The van der Waals surface area contributed by atoms with E-state index in [1.807, 2.05) is 0 Å². The second-order valence-corrected chi connectivity index (χ2v) is 6.04. The van der Waals surface area contributed by atoms with Crippen molar-refractivity contribution in [3.05, 3.63) is 42.9 Å². The number of rotatable bonds is 3. The summed E-state index contributed by atoms with van der Waals surface area (Å²) in [5, 5.41) is 0. The number of ether oxygens (including phenoxy) is 2. The molecule has 124 valence electrons. The maximum atomic E-state index is 12.3. The summed E-state index contributed by atoms with van der Waals surface area (Å²) < 4.78 is 11.8. The van der Waals surface area contributed by atoms with Crippen LogP contribution in [0.15, 0.2) is 37.1 Å². The van der Waals surface area contributed by atoms with Crippen LogP contribution in [0.4, 0.5) is 0 Å². The number of likely N-dealkylation sites (tertiary alicyclic amines) is 1. The van der Waals surface area contributed by atoms with Gasteiger partial charge in [0.05, 0.1) is 25.9 Å². The Kier molecular flexibility index (Phi) is 3.81. The van der Waals surface area contributed by atoms with Crippen LogP contribution in [0.3, 0.4) is 0 Å². The molecule has 0 bridgehead atoms. The van der Waals surface area contributed by atoms with E-state index in [-0.39, 0.29) is 23.4 Å². The molecular weight excluding hydrogens is 310 g/mol. The molecule has 1 spiro atoms. The van der Waals surface area contributed by atoms with E-state index in [1.54, 1.807) is 42.0 Å². The molecule has 24 heavy (non-hydrogen) atoms. The summed E-state index contributed by atoms with van der Waals surface area (Å²) in [6.45, 7) is 1.67. The highest BCUT2D eigenvalue weighted by Gasteiger charge is 2.50. The van der Waals surface area contributed by atoms with Gasteiger partial charge in [0.2, 0.25) is 11.7 Å². The molecule has 2 aliphatic heterocycles. The Morgan fingerprint density at radius 3 is 2.79 bits per heavy atom. The van der Waals surface area contributed by atoms with Crippen molar-refractivity contribution in [2.75, 3.05) is 19.7 Å². The zero-order valence-corrected chi connectivity index (χ0v) is 13.0. The van der Waals surface area contributed by atoms with Gasteiger partial charge in [-0.3, -0.25) is 9.78 Å². The quantitative estimate of drug-likeness (QED) is 0.820. The molecule has 1 amide bonds. The third-order valence-corrected chi connectivity index (χ3v) is 4.28. The lowest BCUT2D eigenvalue weighted by Gasteiger charge is -2.52. The minimum Gasteiger partial charge on any atom is -0.473 e. The lowest BCUT2D eigenvalue weighted by Crippen LogP contribution is -2.67. The molecule has 2 aromatic heterocycles. The van der Waals surface area contributed by atoms with Gasteiger partial charge in [-0.05, 0) is 6.07 Å². The van der Waals surface area contributed by atoms with E-state index in [2.05, 4.69) is 19.9 Å². The zero-order valence-electron chi connectivity index (χ0n) is 13.0. The fraction of sp³-hybridized carbons (Fsp3) is 0.438. The van der Waals surface area contributed by atoms with Gasteiger partial charge in [0.15, 0.2) is 0 Å². The van der Waals surface area contributed by atoms with Crippen molar-refractivity contribution < 1.29 is 14.3 Å². The van der Waals surface area contributed by atoms with E-state index < -0.39 is 0 Å². The lowest BCUT2D eigenvalue weighted by atomic mass is 9.84. The molecular formula is C16H17N5O3. The van der Waals surface area contributed by atoms with E-state index in [9.17, 15) is 4.79 Å². The first-order valence-electron chi connectivity index (χ1n) is 7.87. The van der Waals surface area contributed by atoms with Gasteiger partial charge < -0.3 is 14.4 Å². The molecule has 0 aliphatic carbocycles. The maximum Gasteiger partial charge on any atom is 0.291 e. The first-order chi connectivity index (χ1) is 11.7. The Morgan fingerprint density at radius 1 is 1.21 bits per heavy atom. The minimum absolute atomic E-state index is 0.0145. The highest BCUT2D eigenvalue weighted by molar-refractivity contribution is 5.91. The molecule has 4 heterocycles. The van der Waals surface area contributed by atoms with Gasteiger partial charge in [-0.2, -0.15) is 0 Å². The van der Waals surface area contributed by atoms with Crippen molar-refractivity contribution in [3.8, 4) is 5.88 Å². The van der Waals surface area contributed by atoms with Crippen LogP contribution in [0.5, 0.6) is 5.88 Å². The smallest absolute Gasteiger partial charge is 0.291 e. The average Bonchev–Trinajstić information content (AvgIpc) is 2.61. The predicted octanol–water partition coefficient (Wildman–Crippen LogP) is 0.719. The Bertz CT molecular complexity index is 706. The van der Waals surface area contributed by atoms with Crippen LogP contribution in [0.2, 0.25) is 0 Å². The van der Waals surface area contributed by atoms with Crippen LogP contribution in [-0.2, 0) is 4.74 Å². The SMILES string of the molecule is O=C(c1ncccn1)N1CC2(C[C@@H](Oc3cnccn3)CCO2)C1. The molecule has 0 saturated carbocycles. The highest BCUT2D eigenvalue weighted by atomic mass is 16.5. The molecule has 0 N–H and O–H groups in total. The van der Waals surface area contributed by atoms with Crippen LogP contribution in [0.25, 0.3) is 0 Å². The van der Waals surface area contributed by atoms with E-state index in [0.717, 1.165) is 12.8 Å². The number of carbonyl (C=O) groups excluding carboxylic acids is 1. The summed E-state index contributed by atoms with van der Waals surface area (Å²) in [7, 11) is 0. The first kappa shape index (κ1) is 14.9. The predicted molar refractivity (Wildman–Crippen MR) is 82.3 cm³/mol. The van der Waals surface area contributed by atoms with Gasteiger partial charge in [-0.15, -0.1) is 0 Å². The monoisotopic (exact) mass is 327 g/mol. The van der Waals surface area contributed by atoms with Crippen molar-refractivity contribution in [1.29, 1.82) is 0 Å². The van der Waals surface area contributed by atoms with Crippen molar-refractivity contribution in [1.82, 2.24) is 24.8 Å². The summed E-state index contributed by atoms with van der Waals surface area (Å²) in [5.41, 5.74) is -0.338. The van der Waals surface area contributed by atoms with Crippen LogP contribution < -0.4 is 4.74 Å². The second-order valence-electron chi connectivity index (χ2n) is 6.04. The number of nitrogens with zero attached hydrogens (tertiary/aromatic N) is 5. The fourth-order valence-electron chi connectivity index (χ4n) is 3.16. The van der Waals surface area contributed by atoms with E-state index in [0.29, 0.717) is 25.6 Å². The number of carbonyl (C=O) groups is 1. The van der Waals surface area contributed by atoms with Crippen molar-refractivity contribution >= 4 is 5.91 Å². The summed E-state index contributed by atoms with van der Waals surface area (Å²) in [6, 6.07) is 1.69. The van der Waals surface area contributed by atoms with E-state index in [1.165, 1.54) is 0 Å². The molecule has 0 radical (unpaired) electrons. The van der Waals surface area contributed by atoms with E-state index >= 15 is 0 Å². The molecule has 2 saturated heterocycles. The van der Waals surface area contributed by atoms with E-state index in [4.69, 9.17) is 9.47 Å². The van der Waals surface area contributed by atoms with Gasteiger partial charge in [0.1, 0.15) is 11.7 Å². The molecule has 4 rings (SSSR count). The van der Waals surface area contributed by atoms with Crippen LogP contribution in [0, 0.1) is 0 Å². The zero-order chi connectivity index (χ0) is 16.4. The Hall–Kier alpha value is -2.61. The number of hydrogen-bond acceptors (Lipinski definition) is 7. The minimum atomic E-state index is -0.338. The molecule has 0 unspecified atom stereocenters. The van der Waals surface area contributed by atoms with Gasteiger partial charge >= 0.3 is 0 Å². The molecule has 2 aromatic rings. The Balaban J connectivity index is 1.36. The molecule has 2 aliphatic rings. The summed E-state index contributed by atoms with van der Waals surface area (Å²) in [5.74, 6) is 0.571. The number of aromatic nitrogens is 4. The largest absolute Gasteiger partial charge is 0.473 e. The fourth-order valence-corrected chi connectivity index (χ4v) is 3.16. The van der Waals surface area contributed by atoms with Gasteiger partial charge in [0, 0.05) is 37.6 Å². The summed E-state index contributed by atoms with van der Waals surface area (Å²) >= 11 is 0. The van der Waals surface area contributed by atoms with Crippen LogP contribution in [0.1, 0.15) is 23.5 Å². The van der Waals surface area contributed by atoms with Crippen LogP contribution >= 0.6 is 0 Å². The third-order valence-electron chi connectivity index (χ3n) is 4.28. The topological polar surface area (TPSA) is 90.3 Å². The summed E-state index contributed by atoms with van der Waals surface area (Å²) in [6.07, 6.45) is 9.49. The average molecular weight is 327 g/mol. The van der Waals surface area contributed by atoms with Crippen molar-refractivity contribution in [2.24, 2.45) is 0 Å². The first-order valence-corrected chi connectivity index (χ1v) is 7.87. The Morgan fingerprint density at radius 2 is 2.04 bits per heavy atom. The molecule has 8 heteroatoms. The highest BCUT2D eigenvalue weighted by Crippen LogP contribution is 2.35. The standard InChI is InChI=1S/C16H17N5O3/c22-15(14-19-3-1-4-20-14)21-10-16(11-21)8-12(2-7-23-16)24-13-9-17-5-6-18-13/h1,3-6,9,12H,2,7-8,10-11H2/t12-/m0/s1. The number of amides is 1. The Labute approximate surface area is 138 Å². The normalized spacial score (nSPS) is 22.0. The molecule has 8 nitrogen and oxygen atoms in total. The summed E-state index contributed by atoms with van der Waals surface area (Å²) in [4.78, 5) is 30.2. The van der Waals surface area contributed by atoms with Crippen LogP contribution in [-0.4, -0.2) is 62.1 Å². The van der Waals surface area contributed by atoms with Gasteiger partial charge in [0.25, 0.3) is 5.91 Å².